The lowest BCUT2D eigenvalue weighted by Gasteiger charge is -2.13. The van der Waals surface area contributed by atoms with Crippen LogP contribution < -0.4 is 11.1 Å². The molecule has 3 nitrogen and oxygen atoms in total. The Morgan fingerprint density at radius 1 is 1.06 bits per heavy atom. The zero-order chi connectivity index (χ0) is 11.5. The van der Waals surface area contributed by atoms with Crippen molar-refractivity contribution in [3.63, 3.8) is 0 Å². The van der Waals surface area contributed by atoms with Crippen LogP contribution in [0.25, 0.3) is 0 Å². The molecule has 3 heteroatoms. The van der Waals surface area contributed by atoms with Crippen LogP contribution in [-0.2, 0) is 0 Å². The lowest BCUT2D eigenvalue weighted by molar-refractivity contribution is 0.471. The highest BCUT2D eigenvalue weighted by atomic mass is 16.3. The van der Waals surface area contributed by atoms with Crippen molar-refractivity contribution in [1.82, 2.24) is 0 Å². The monoisotopic (exact) mass is 214 g/mol. The predicted octanol–water partition coefficient (Wildman–Crippen LogP) is 3.03. The fourth-order valence-electron chi connectivity index (χ4n) is 1.55. The van der Waals surface area contributed by atoms with Gasteiger partial charge in [0.15, 0.2) is 0 Å². The third-order valence-electron chi connectivity index (χ3n) is 2.51. The molecule has 0 saturated carbocycles. The molecule has 0 heterocycles. The summed E-state index contributed by atoms with van der Waals surface area (Å²) in [4.78, 5) is 0. The van der Waals surface area contributed by atoms with Crippen molar-refractivity contribution in [2.45, 2.75) is 6.92 Å². The molecular weight excluding hydrogens is 200 g/mol. The molecule has 0 fully saturated rings. The van der Waals surface area contributed by atoms with Crippen LogP contribution in [0.3, 0.4) is 0 Å². The number of nitrogens with two attached hydrogens (primary N) is 1. The summed E-state index contributed by atoms with van der Waals surface area (Å²) in [6.45, 7) is 1.83. The highest BCUT2D eigenvalue weighted by molar-refractivity contribution is 5.77. The molecule has 0 aliphatic carbocycles. The number of aromatic hydroxyl groups is 1. The van der Waals surface area contributed by atoms with E-state index in [-0.39, 0.29) is 5.75 Å². The predicted molar refractivity (Wildman–Crippen MR) is 67.0 cm³/mol. The molecule has 0 bridgehead atoms. The van der Waals surface area contributed by atoms with Crippen LogP contribution in [0.5, 0.6) is 5.75 Å². The molecule has 2 rings (SSSR count). The first-order valence-corrected chi connectivity index (χ1v) is 5.08. The average Bonchev–Trinajstić information content (AvgIpc) is 2.31. The van der Waals surface area contributed by atoms with Crippen molar-refractivity contribution < 1.29 is 5.11 Å². The van der Waals surface area contributed by atoms with E-state index in [1.807, 2.05) is 37.3 Å². The van der Waals surface area contributed by atoms with Gasteiger partial charge in [0.05, 0.1) is 11.4 Å². The number of hydrogen-bond donors (Lipinski definition) is 3. The summed E-state index contributed by atoms with van der Waals surface area (Å²) in [6, 6.07) is 13.0. The van der Waals surface area contributed by atoms with Gasteiger partial charge in [0.1, 0.15) is 5.75 Å². The maximum atomic E-state index is 9.61. The van der Waals surface area contributed by atoms with Crippen LogP contribution >= 0.6 is 0 Å². The van der Waals surface area contributed by atoms with Gasteiger partial charge < -0.3 is 16.2 Å². The molecule has 16 heavy (non-hydrogen) atoms. The van der Waals surface area contributed by atoms with E-state index in [0.29, 0.717) is 5.69 Å². The van der Waals surface area contributed by atoms with Gasteiger partial charge in [-0.1, -0.05) is 18.2 Å². The number of phenolic OH excluding ortho intramolecular Hbond substituents is 1. The number of nitrogens with one attached hydrogen (secondary N) is 1. The van der Waals surface area contributed by atoms with Crippen LogP contribution in [0, 0.1) is 6.92 Å². The van der Waals surface area contributed by atoms with Gasteiger partial charge in [-0.15, -0.1) is 0 Å². The largest absolute Gasteiger partial charge is 0.508 e. The van der Waals surface area contributed by atoms with Crippen molar-refractivity contribution in [3.05, 3.63) is 48.0 Å². The summed E-state index contributed by atoms with van der Waals surface area (Å²) >= 11 is 0. The van der Waals surface area contributed by atoms with Crippen molar-refractivity contribution >= 4 is 17.1 Å². The standard InChI is InChI=1S/C13H14N2O/c1-9-12(16)8-7-11(14)13(9)15-10-5-3-2-4-6-10/h2-8,15-16H,14H2,1H3. The van der Waals surface area contributed by atoms with Crippen LogP contribution in [0.1, 0.15) is 5.56 Å². The Morgan fingerprint density at radius 3 is 2.44 bits per heavy atom. The molecule has 82 valence electrons. The first kappa shape index (κ1) is 10.4. The summed E-state index contributed by atoms with van der Waals surface area (Å²) in [5.41, 5.74) is 8.95. The van der Waals surface area contributed by atoms with E-state index in [4.69, 9.17) is 5.73 Å². The molecule has 0 atom stereocenters. The van der Waals surface area contributed by atoms with E-state index < -0.39 is 0 Å². The van der Waals surface area contributed by atoms with Crippen LogP contribution in [-0.4, -0.2) is 5.11 Å². The third kappa shape index (κ3) is 1.93. The smallest absolute Gasteiger partial charge is 0.120 e. The molecule has 0 unspecified atom stereocenters. The second-order valence-corrected chi connectivity index (χ2v) is 3.66. The minimum Gasteiger partial charge on any atom is -0.508 e. The Labute approximate surface area is 94.5 Å². The van der Waals surface area contributed by atoms with E-state index >= 15 is 0 Å². The first-order chi connectivity index (χ1) is 7.68. The highest BCUT2D eigenvalue weighted by Gasteiger charge is 2.07. The Hall–Kier alpha value is -2.16. The molecule has 4 N–H and O–H groups in total. The van der Waals surface area contributed by atoms with Crippen LogP contribution in [0.15, 0.2) is 42.5 Å². The molecule has 2 aromatic rings. The number of benzene rings is 2. The minimum absolute atomic E-state index is 0.243. The highest BCUT2D eigenvalue weighted by Crippen LogP contribution is 2.32. The number of anilines is 3. The summed E-state index contributed by atoms with van der Waals surface area (Å²) in [6.07, 6.45) is 0. The molecule has 0 saturated heterocycles. The quantitative estimate of drug-likeness (QED) is 0.532. The van der Waals surface area contributed by atoms with Gasteiger partial charge in [0, 0.05) is 11.3 Å². The molecule has 0 amide bonds. The van der Waals surface area contributed by atoms with Gasteiger partial charge in [-0.05, 0) is 31.2 Å². The Morgan fingerprint density at radius 2 is 1.75 bits per heavy atom. The molecule has 0 aliphatic heterocycles. The number of nitrogen functional groups attached to an aromatic ring is 1. The Kier molecular flexibility index (Phi) is 2.68. The van der Waals surface area contributed by atoms with Gasteiger partial charge in [-0.2, -0.15) is 0 Å². The van der Waals surface area contributed by atoms with Gasteiger partial charge in [-0.25, -0.2) is 0 Å². The first-order valence-electron chi connectivity index (χ1n) is 5.08. The maximum absolute atomic E-state index is 9.61. The molecule has 0 aliphatic rings. The second-order valence-electron chi connectivity index (χ2n) is 3.66. The summed E-state index contributed by atoms with van der Waals surface area (Å²) in [5.74, 6) is 0.243. The molecule has 2 aromatic carbocycles. The van der Waals surface area contributed by atoms with Crippen molar-refractivity contribution in [2.75, 3.05) is 11.1 Å². The maximum Gasteiger partial charge on any atom is 0.120 e. The van der Waals surface area contributed by atoms with E-state index in [9.17, 15) is 5.11 Å². The van der Waals surface area contributed by atoms with Crippen LogP contribution in [0.4, 0.5) is 17.1 Å². The normalized spacial score (nSPS) is 10.1. The van der Waals surface area contributed by atoms with Crippen LogP contribution in [0.2, 0.25) is 0 Å². The summed E-state index contributed by atoms with van der Waals surface area (Å²) in [5, 5.41) is 12.8. The van der Waals surface area contributed by atoms with Gasteiger partial charge in [0.2, 0.25) is 0 Å². The minimum atomic E-state index is 0.243. The zero-order valence-electron chi connectivity index (χ0n) is 9.07. The summed E-state index contributed by atoms with van der Waals surface area (Å²) < 4.78 is 0. The molecular formula is C13H14N2O. The fourth-order valence-corrected chi connectivity index (χ4v) is 1.55. The van der Waals surface area contributed by atoms with E-state index in [0.717, 1.165) is 16.9 Å². The van der Waals surface area contributed by atoms with Crippen molar-refractivity contribution in [2.24, 2.45) is 0 Å². The topological polar surface area (TPSA) is 58.3 Å². The second kappa shape index (κ2) is 4.14. The Balaban J connectivity index is 2.38. The Bertz CT molecular complexity index is 495. The number of para-hydroxylation sites is 1. The number of phenols is 1. The lowest BCUT2D eigenvalue weighted by atomic mass is 10.1. The molecule has 0 radical (unpaired) electrons. The lowest BCUT2D eigenvalue weighted by Crippen LogP contribution is -1.98. The third-order valence-corrected chi connectivity index (χ3v) is 2.51. The van der Waals surface area contributed by atoms with E-state index in [1.54, 1.807) is 12.1 Å². The SMILES string of the molecule is Cc1c(O)ccc(N)c1Nc1ccccc1. The van der Waals surface area contributed by atoms with Gasteiger partial charge >= 0.3 is 0 Å². The number of rotatable bonds is 2. The molecule has 0 spiro atoms. The summed E-state index contributed by atoms with van der Waals surface area (Å²) in [7, 11) is 0. The zero-order valence-corrected chi connectivity index (χ0v) is 9.07. The van der Waals surface area contributed by atoms with Crippen molar-refractivity contribution in [1.29, 1.82) is 0 Å². The average molecular weight is 214 g/mol. The van der Waals surface area contributed by atoms with Gasteiger partial charge in [0.25, 0.3) is 0 Å². The van der Waals surface area contributed by atoms with E-state index in [1.165, 1.54) is 0 Å². The van der Waals surface area contributed by atoms with Gasteiger partial charge in [-0.3, -0.25) is 0 Å². The number of hydrogen-bond acceptors (Lipinski definition) is 3. The van der Waals surface area contributed by atoms with E-state index in [2.05, 4.69) is 5.32 Å². The molecule has 0 aromatic heterocycles. The van der Waals surface area contributed by atoms with Crippen molar-refractivity contribution in [3.8, 4) is 5.75 Å². The fraction of sp³-hybridized carbons (Fsp3) is 0.0769.